The van der Waals surface area contributed by atoms with E-state index in [1.807, 2.05) is 18.2 Å². The predicted octanol–water partition coefficient (Wildman–Crippen LogP) is 1.08. The van der Waals surface area contributed by atoms with Crippen LogP contribution in [-0.2, 0) is 0 Å². The molecule has 0 spiro atoms. The average Bonchev–Trinajstić information content (AvgIpc) is 2.27. The lowest BCUT2D eigenvalue weighted by molar-refractivity contribution is 0.395. The van der Waals surface area contributed by atoms with E-state index in [9.17, 15) is 0 Å². The zero-order valence-electron chi connectivity index (χ0n) is 8.90. The molecule has 4 nitrogen and oxygen atoms in total. The molecule has 0 unspecified atom stereocenters. The van der Waals surface area contributed by atoms with Crippen LogP contribution >= 0.6 is 12.4 Å². The molecule has 0 amide bonds. The van der Waals surface area contributed by atoms with Crippen molar-refractivity contribution < 1.29 is 9.47 Å². The first-order chi connectivity index (χ1) is 6.72. The fourth-order valence-corrected chi connectivity index (χ4v) is 1.26. The molecular formula is C10H17ClN2O2. The number of nitrogens with two attached hydrogens (primary N) is 2. The van der Waals surface area contributed by atoms with E-state index in [1.165, 1.54) is 0 Å². The molecular weight excluding hydrogens is 216 g/mol. The van der Waals surface area contributed by atoms with Gasteiger partial charge >= 0.3 is 0 Å². The monoisotopic (exact) mass is 232 g/mol. The van der Waals surface area contributed by atoms with Crippen molar-refractivity contribution in [3.8, 4) is 11.5 Å². The first-order valence-electron chi connectivity index (χ1n) is 4.40. The van der Waals surface area contributed by atoms with Crippen LogP contribution in [0.3, 0.4) is 0 Å². The fourth-order valence-electron chi connectivity index (χ4n) is 1.26. The van der Waals surface area contributed by atoms with Crippen molar-refractivity contribution >= 4 is 12.4 Å². The minimum Gasteiger partial charge on any atom is -0.497 e. The molecule has 0 aliphatic heterocycles. The third kappa shape index (κ3) is 3.27. The van der Waals surface area contributed by atoms with Gasteiger partial charge < -0.3 is 20.9 Å². The number of hydrogen-bond acceptors (Lipinski definition) is 4. The van der Waals surface area contributed by atoms with Crippen LogP contribution in [0.25, 0.3) is 0 Å². The Morgan fingerprint density at radius 3 is 2.40 bits per heavy atom. The van der Waals surface area contributed by atoms with Gasteiger partial charge in [-0.15, -0.1) is 12.4 Å². The molecule has 0 heterocycles. The molecule has 0 aliphatic rings. The van der Waals surface area contributed by atoms with Gasteiger partial charge in [0.05, 0.1) is 14.2 Å². The third-order valence-electron chi connectivity index (χ3n) is 2.09. The van der Waals surface area contributed by atoms with E-state index < -0.39 is 0 Å². The van der Waals surface area contributed by atoms with Crippen LogP contribution in [0.2, 0.25) is 0 Å². The molecule has 1 aromatic carbocycles. The topological polar surface area (TPSA) is 70.5 Å². The number of hydrogen-bond donors (Lipinski definition) is 2. The highest BCUT2D eigenvalue weighted by molar-refractivity contribution is 5.85. The maximum absolute atomic E-state index is 5.83. The number of halogens is 1. The minimum atomic E-state index is -0.222. The van der Waals surface area contributed by atoms with Crippen LogP contribution < -0.4 is 20.9 Å². The van der Waals surface area contributed by atoms with Gasteiger partial charge in [-0.1, -0.05) is 0 Å². The number of rotatable bonds is 4. The molecule has 4 N–H and O–H groups in total. The Bertz CT molecular complexity index is 307. The minimum absolute atomic E-state index is 0. The van der Waals surface area contributed by atoms with Crippen molar-refractivity contribution in [2.75, 3.05) is 20.8 Å². The highest BCUT2D eigenvalue weighted by atomic mass is 35.5. The molecule has 86 valence electrons. The summed E-state index contributed by atoms with van der Waals surface area (Å²) in [6.45, 7) is 0.378. The largest absolute Gasteiger partial charge is 0.497 e. The lowest BCUT2D eigenvalue weighted by Gasteiger charge is -2.14. The van der Waals surface area contributed by atoms with Crippen molar-refractivity contribution in [1.29, 1.82) is 0 Å². The Hall–Kier alpha value is -0.970. The van der Waals surface area contributed by atoms with Crippen LogP contribution in [0.1, 0.15) is 11.6 Å². The van der Waals surface area contributed by atoms with Crippen LogP contribution in [0.4, 0.5) is 0 Å². The van der Waals surface area contributed by atoms with E-state index in [1.54, 1.807) is 14.2 Å². The summed E-state index contributed by atoms with van der Waals surface area (Å²) in [7, 11) is 3.22. The smallest absolute Gasteiger partial charge is 0.123 e. The predicted molar refractivity (Wildman–Crippen MR) is 62.8 cm³/mol. The second-order valence-corrected chi connectivity index (χ2v) is 2.95. The van der Waals surface area contributed by atoms with Gasteiger partial charge in [0.15, 0.2) is 0 Å². The molecule has 0 aliphatic carbocycles. The van der Waals surface area contributed by atoms with Crippen molar-refractivity contribution in [2.45, 2.75) is 6.04 Å². The Morgan fingerprint density at radius 2 is 1.93 bits per heavy atom. The van der Waals surface area contributed by atoms with Crippen LogP contribution in [-0.4, -0.2) is 20.8 Å². The molecule has 5 heteroatoms. The highest BCUT2D eigenvalue weighted by Crippen LogP contribution is 2.27. The summed E-state index contributed by atoms with van der Waals surface area (Å²) in [5.41, 5.74) is 12.2. The Balaban J connectivity index is 0.00000196. The molecule has 15 heavy (non-hydrogen) atoms. The Kier molecular flexibility index (Phi) is 6.08. The summed E-state index contributed by atoms with van der Waals surface area (Å²) in [5.74, 6) is 1.49. The van der Waals surface area contributed by atoms with E-state index >= 15 is 0 Å². The molecule has 0 aromatic heterocycles. The van der Waals surface area contributed by atoms with Crippen molar-refractivity contribution in [2.24, 2.45) is 11.5 Å². The van der Waals surface area contributed by atoms with E-state index in [-0.39, 0.29) is 18.4 Å². The third-order valence-corrected chi connectivity index (χ3v) is 2.09. The van der Waals surface area contributed by atoms with Gasteiger partial charge in [0.25, 0.3) is 0 Å². The Labute approximate surface area is 96.0 Å². The molecule has 1 aromatic rings. The number of benzene rings is 1. The van der Waals surface area contributed by atoms with Gasteiger partial charge in [-0.05, 0) is 18.2 Å². The standard InChI is InChI=1S/C10H16N2O2.ClH/c1-13-7-3-4-10(14-2)8(5-7)9(12)6-11;/h3-5,9H,6,11-12H2,1-2H3;1H/t9-;/m1./s1. The molecule has 0 radical (unpaired) electrons. The van der Waals surface area contributed by atoms with Crippen LogP contribution in [0.15, 0.2) is 18.2 Å². The molecule has 1 rings (SSSR count). The maximum Gasteiger partial charge on any atom is 0.123 e. The highest BCUT2D eigenvalue weighted by Gasteiger charge is 2.11. The zero-order chi connectivity index (χ0) is 10.6. The summed E-state index contributed by atoms with van der Waals surface area (Å²) in [5, 5.41) is 0. The summed E-state index contributed by atoms with van der Waals surface area (Å²) < 4.78 is 10.3. The zero-order valence-corrected chi connectivity index (χ0v) is 9.71. The lowest BCUT2D eigenvalue weighted by Crippen LogP contribution is -2.21. The Morgan fingerprint density at radius 1 is 1.27 bits per heavy atom. The van der Waals surface area contributed by atoms with Crippen LogP contribution in [0, 0.1) is 0 Å². The van der Waals surface area contributed by atoms with Gasteiger partial charge in [0.1, 0.15) is 11.5 Å². The quantitative estimate of drug-likeness (QED) is 0.815. The molecule has 0 bridgehead atoms. The summed E-state index contributed by atoms with van der Waals surface area (Å²) >= 11 is 0. The second kappa shape index (κ2) is 6.50. The molecule has 0 fully saturated rings. The number of methoxy groups -OCH3 is 2. The maximum atomic E-state index is 5.83. The summed E-state index contributed by atoms with van der Waals surface area (Å²) in [4.78, 5) is 0. The second-order valence-electron chi connectivity index (χ2n) is 2.95. The SMILES string of the molecule is COc1ccc(OC)c([C@H](N)CN)c1.Cl. The first kappa shape index (κ1) is 14.0. The van der Waals surface area contributed by atoms with E-state index in [0.29, 0.717) is 6.54 Å². The van der Waals surface area contributed by atoms with E-state index in [4.69, 9.17) is 20.9 Å². The van der Waals surface area contributed by atoms with Gasteiger partial charge in [0.2, 0.25) is 0 Å². The normalized spacial score (nSPS) is 11.5. The summed E-state index contributed by atoms with van der Waals surface area (Å²) in [6.07, 6.45) is 0. The van der Waals surface area contributed by atoms with Gasteiger partial charge in [-0.2, -0.15) is 0 Å². The van der Waals surface area contributed by atoms with E-state index in [0.717, 1.165) is 17.1 Å². The van der Waals surface area contributed by atoms with Crippen molar-refractivity contribution in [3.63, 3.8) is 0 Å². The fraction of sp³-hybridized carbons (Fsp3) is 0.400. The van der Waals surface area contributed by atoms with Gasteiger partial charge in [-0.3, -0.25) is 0 Å². The van der Waals surface area contributed by atoms with Gasteiger partial charge in [0, 0.05) is 18.2 Å². The lowest BCUT2D eigenvalue weighted by atomic mass is 10.1. The summed E-state index contributed by atoms with van der Waals surface area (Å²) in [6, 6.07) is 5.27. The molecule has 0 saturated heterocycles. The van der Waals surface area contributed by atoms with Crippen molar-refractivity contribution in [3.05, 3.63) is 23.8 Å². The number of ether oxygens (including phenoxy) is 2. The van der Waals surface area contributed by atoms with Crippen molar-refractivity contribution in [1.82, 2.24) is 0 Å². The molecule has 1 atom stereocenters. The van der Waals surface area contributed by atoms with Gasteiger partial charge in [-0.25, -0.2) is 0 Å². The average molecular weight is 233 g/mol. The molecule has 0 saturated carbocycles. The first-order valence-corrected chi connectivity index (χ1v) is 4.40. The van der Waals surface area contributed by atoms with Crippen LogP contribution in [0.5, 0.6) is 11.5 Å². The van der Waals surface area contributed by atoms with E-state index in [2.05, 4.69) is 0 Å².